The fraction of sp³-hybridized carbons (Fsp3) is 0.500. The van der Waals surface area contributed by atoms with Crippen molar-refractivity contribution in [2.24, 2.45) is 0 Å². The molecular weight excluding hydrogens is 454 g/mol. The molecule has 3 aromatic heterocycles. The van der Waals surface area contributed by atoms with E-state index in [1.54, 1.807) is 6.20 Å². The zero-order valence-corrected chi connectivity index (χ0v) is 20.8. The molecule has 0 aliphatic carbocycles. The molecule has 34 heavy (non-hydrogen) atoms. The maximum atomic E-state index is 13.5. The molecule has 0 spiro atoms. The first-order chi connectivity index (χ1) is 16.1. The summed E-state index contributed by atoms with van der Waals surface area (Å²) in [6.07, 6.45) is 3.65. The molecule has 1 saturated heterocycles. The van der Waals surface area contributed by atoms with Crippen LogP contribution < -0.4 is 10.6 Å². The molecule has 0 bridgehead atoms. The average Bonchev–Trinajstić information content (AvgIpc) is 3.51. The van der Waals surface area contributed by atoms with Crippen LogP contribution in [0.3, 0.4) is 0 Å². The highest BCUT2D eigenvalue weighted by atomic mass is 32.1. The van der Waals surface area contributed by atoms with E-state index in [4.69, 9.17) is 0 Å². The van der Waals surface area contributed by atoms with Crippen molar-refractivity contribution in [3.8, 4) is 10.4 Å². The summed E-state index contributed by atoms with van der Waals surface area (Å²) in [4.78, 5) is 37.8. The Morgan fingerprint density at radius 1 is 1.32 bits per heavy atom. The number of carbonyl (C=O) groups excluding carboxylic acids is 2. The number of H-pyrrole nitrogens is 1. The Kier molecular flexibility index (Phi) is 6.60. The molecule has 0 aromatic carbocycles. The van der Waals surface area contributed by atoms with Gasteiger partial charge >= 0.3 is 0 Å². The van der Waals surface area contributed by atoms with Crippen molar-refractivity contribution in [1.29, 1.82) is 0 Å². The third kappa shape index (κ3) is 5.22. The number of thiazole rings is 1. The molecule has 0 radical (unpaired) electrons. The van der Waals surface area contributed by atoms with Gasteiger partial charge in [0.25, 0.3) is 11.8 Å². The smallest absolute Gasteiger partial charge is 0.280 e. The topological polar surface area (TPSA) is 142 Å². The number of tetrazole rings is 1. The van der Waals surface area contributed by atoms with E-state index in [0.29, 0.717) is 17.2 Å². The number of aryl methyl sites for hydroxylation is 1. The SMILES string of the molecule is Cc1cc(NC(C)(C)C)ncc1-c1sc(C(=O)NCc2nnn[nH]2)nc1C(=O)N1CCC[C@@H]1C. The molecule has 3 aromatic rings. The fourth-order valence-electron chi connectivity index (χ4n) is 3.86. The van der Waals surface area contributed by atoms with Gasteiger partial charge in [-0.15, -0.1) is 16.4 Å². The lowest BCUT2D eigenvalue weighted by Crippen LogP contribution is -2.34. The monoisotopic (exact) mass is 483 g/mol. The first-order valence-electron chi connectivity index (χ1n) is 11.2. The zero-order chi connectivity index (χ0) is 24.5. The largest absolute Gasteiger partial charge is 0.365 e. The second-order valence-electron chi connectivity index (χ2n) is 9.48. The summed E-state index contributed by atoms with van der Waals surface area (Å²) >= 11 is 1.19. The van der Waals surface area contributed by atoms with Crippen molar-refractivity contribution in [3.63, 3.8) is 0 Å². The Morgan fingerprint density at radius 2 is 2.12 bits per heavy atom. The molecule has 0 saturated carbocycles. The van der Waals surface area contributed by atoms with Crippen LogP contribution in [-0.2, 0) is 6.54 Å². The van der Waals surface area contributed by atoms with Crippen LogP contribution in [0.4, 0.5) is 5.82 Å². The highest BCUT2D eigenvalue weighted by Crippen LogP contribution is 2.35. The van der Waals surface area contributed by atoms with Gasteiger partial charge in [0.15, 0.2) is 10.8 Å². The van der Waals surface area contributed by atoms with E-state index in [9.17, 15) is 9.59 Å². The maximum Gasteiger partial charge on any atom is 0.280 e. The third-order valence-corrected chi connectivity index (χ3v) is 6.59. The number of pyridine rings is 1. The van der Waals surface area contributed by atoms with E-state index in [2.05, 4.69) is 62.0 Å². The quantitative estimate of drug-likeness (QED) is 0.486. The highest BCUT2D eigenvalue weighted by molar-refractivity contribution is 7.17. The number of amides is 2. The number of aromatic amines is 1. The number of anilines is 1. The normalized spacial score (nSPS) is 16.0. The summed E-state index contributed by atoms with van der Waals surface area (Å²) in [7, 11) is 0. The van der Waals surface area contributed by atoms with Crippen LogP contribution in [0.5, 0.6) is 0 Å². The van der Waals surface area contributed by atoms with Gasteiger partial charge in [0.2, 0.25) is 0 Å². The van der Waals surface area contributed by atoms with Gasteiger partial charge in [0.05, 0.1) is 11.4 Å². The third-order valence-electron chi connectivity index (χ3n) is 5.50. The first-order valence-corrected chi connectivity index (χ1v) is 12.0. The second kappa shape index (κ2) is 9.45. The number of likely N-dealkylation sites (tertiary alicyclic amines) is 1. The van der Waals surface area contributed by atoms with E-state index < -0.39 is 5.91 Å². The number of rotatable bonds is 6. The van der Waals surface area contributed by atoms with Gasteiger partial charge in [-0.05, 0) is 69.5 Å². The predicted molar refractivity (Wildman–Crippen MR) is 129 cm³/mol. The Hall–Kier alpha value is -3.41. The number of hydrogen-bond acceptors (Lipinski definition) is 9. The summed E-state index contributed by atoms with van der Waals surface area (Å²) < 4.78 is 0. The molecule has 4 rings (SSSR count). The van der Waals surface area contributed by atoms with Crippen molar-refractivity contribution in [3.05, 3.63) is 34.4 Å². The second-order valence-corrected chi connectivity index (χ2v) is 10.5. The summed E-state index contributed by atoms with van der Waals surface area (Å²) in [5.74, 6) is 0.617. The molecule has 2 amide bonds. The van der Waals surface area contributed by atoms with Crippen LogP contribution in [0.25, 0.3) is 10.4 Å². The minimum absolute atomic E-state index is 0.126. The lowest BCUT2D eigenvalue weighted by atomic mass is 10.1. The number of aromatic nitrogens is 6. The molecule has 4 heterocycles. The van der Waals surface area contributed by atoms with Crippen LogP contribution in [0.15, 0.2) is 12.3 Å². The van der Waals surface area contributed by atoms with Crippen molar-refractivity contribution in [1.82, 2.24) is 40.8 Å². The summed E-state index contributed by atoms with van der Waals surface area (Å²) in [5, 5.41) is 19.7. The van der Waals surface area contributed by atoms with Gasteiger partial charge in [0, 0.05) is 29.9 Å². The Bertz CT molecular complexity index is 1180. The molecule has 1 aliphatic rings. The van der Waals surface area contributed by atoms with E-state index in [-0.39, 0.29) is 34.7 Å². The standard InChI is InChI=1S/C22H29N9O2S/c1-12-9-15(26-22(3,4)5)23-10-14(12)18-17(21(33)31-8-6-7-13(31)2)25-20(34-18)19(32)24-11-16-27-29-30-28-16/h9-10,13H,6-8,11H2,1-5H3,(H,23,26)(H,24,32)(H,27,28,29,30)/t13-/m0/s1. The minimum Gasteiger partial charge on any atom is -0.365 e. The van der Waals surface area contributed by atoms with Crippen LogP contribution in [-0.4, -0.2) is 65.4 Å². The zero-order valence-electron chi connectivity index (χ0n) is 20.0. The molecule has 3 N–H and O–H groups in total. The highest BCUT2D eigenvalue weighted by Gasteiger charge is 2.32. The summed E-state index contributed by atoms with van der Waals surface area (Å²) in [5.41, 5.74) is 1.87. The van der Waals surface area contributed by atoms with E-state index in [0.717, 1.165) is 29.8 Å². The summed E-state index contributed by atoms with van der Waals surface area (Å²) in [6.45, 7) is 11.0. The lowest BCUT2D eigenvalue weighted by Gasteiger charge is -2.22. The molecule has 12 heteroatoms. The molecule has 1 aliphatic heterocycles. The summed E-state index contributed by atoms with van der Waals surface area (Å²) in [6, 6.07) is 2.08. The average molecular weight is 484 g/mol. The lowest BCUT2D eigenvalue weighted by molar-refractivity contribution is 0.0743. The Balaban J connectivity index is 1.68. The van der Waals surface area contributed by atoms with Gasteiger partial charge < -0.3 is 15.5 Å². The van der Waals surface area contributed by atoms with Gasteiger partial charge in [0.1, 0.15) is 11.5 Å². The van der Waals surface area contributed by atoms with Crippen LogP contribution in [0, 0.1) is 6.92 Å². The van der Waals surface area contributed by atoms with Gasteiger partial charge in [-0.1, -0.05) is 0 Å². The molecule has 1 atom stereocenters. The number of nitrogens with one attached hydrogen (secondary N) is 3. The van der Waals surface area contributed by atoms with Crippen molar-refractivity contribution >= 4 is 29.0 Å². The molecule has 0 unspecified atom stereocenters. The minimum atomic E-state index is -0.396. The molecule has 180 valence electrons. The Morgan fingerprint density at radius 3 is 2.74 bits per heavy atom. The van der Waals surface area contributed by atoms with E-state index in [1.807, 2.05) is 24.8 Å². The van der Waals surface area contributed by atoms with Gasteiger partial charge in [-0.25, -0.2) is 15.1 Å². The number of nitrogens with zero attached hydrogens (tertiary/aromatic N) is 6. The van der Waals surface area contributed by atoms with Crippen molar-refractivity contribution in [2.45, 2.75) is 65.6 Å². The maximum absolute atomic E-state index is 13.5. The number of hydrogen-bond donors (Lipinski definition) is 3. The number of carbonyl (C=O) groups is 2. The van der Waals surface area contributed by atoms with E-state index >= 15 is 0 Å². The van der Waals surface area contributed by atoms with E-state index in [1.165, 1.54) is 11.3 Å². The molecule has 1 fully saturated rings. The Labute approximate surface area is 201 Å². The van der Waals surface area contributed by atoms with Gasteiger partial charge in [-0.3, -0.25) is 9.59 Å². The molecular formula is C22H29N9O2S. The van der Waals surface area contributed by atoms with Gasteiger partial charge in [-0.2, -0.15) is 0 Å². The fourth-order valence-corrected chi connectivity index (χ4v) is 4.90. The van der Waals surface area contributed by atoms with Crippen LogP contribution in [0.2, 0.25) is 0 Å². The molecule has 11 nitrogen and oxygen atoms in total. The predicted octanol–water partition coefficient (Wildman–Crippen LogP) is 2.79. The van der Waals surface area contributed by atoms with Crippen LogP contribution in [0.1, 0.15) is 72.2 Å². The van der Waals surface area contributed by atoms with Crippen LogP contribution >= 0.6 is 11.3 Å². The first kappa shape index (κ1) is 23.7. The van der Waals surface area contributed by atoms with Crippen molar-refractivity contribution in [2.75, 3.05) is 11.9 Å². The van der Waals surface area contributed by atoms with Crippen molar-refractivity contribution < 1.29 is 9.59 Å².